The van der Waals surface area contributed by atoms with Crippen LogP contribution in [0.1, 0.15) is 44.2 Å². The lowest BCUT2D eigenvalue weighted by atomic mass is 10.0. The fourth-order valence-electron chi connectivity index (χ4n) is 3.33. The summed E-state index contributed by atoms with van der Waals surface area (Å²) in [4.78, 5) is 0. The van der Waals surface area contributed by atoms with Crippen LogP contribution >= 0.6 is 0 Å². The van der Waals surface area contributed by atoms with Crippen molar-refractivity contribution in [2.24, 2.45) is 11.8 Å². The second-order valence-electron chi connectivity index (χ2n) is 6.99. The predicted molar refractivity (Wildman–Crippen MR) is 85.3 cm³/mol. The fourth-order valence-corrected chi connectivity index (χ4v) is 3.33. The van der Waals surface area contributed by atoms with Crippen LogP contribution in [0.5, 0.6) is 11.5 Å². The Balaban J connectivity index is 1.68. The number of methoxy groups -OCH3 is 1. The second kappa shape index (κ2) is 5.88. The zero-order valence-electron chi connectivity index (χ0n) is 13.6. The van der Waals surface area contributed by atoms with Crippen molar-refractivity contribution in [1.29, 1.82) is 0 Å². The largest absolute Gasteiger partial charge is 0.496 e. The fraction of sp³-hybridized carbons (Fsp3) is 0.667. The molecule has 0 spiro atoms. The predicted octanol–water partition coefficient (Wildman–Crippen LogP) is 3.37. The molecule has 21 heavy (non-hydrogen) atoms. The SMILES string of the molecule is COc1cc2c(cc1C1CC1CNCC(C)C)OC(C)C2. The van der Waals surface area contributed by atoms with Gasteiger partial charge in [0, 0.05) is 17.5 Å². The van der Waals surface area contributed by atoms with Crippen LogP contribution in [0.4, 0.5) is 0 Å². The van der Waals surface area contributed by atoms with Crippen molar-refractivity contribution in [1.82, 2.24) is 5.32 Å². The molecule has 2 aliphatic rings. The van der Waals surface area contributed by atoms with Gasteiger partial charge in [-0.1, -0.05) is 13.8 Å². The highest BCUT2D eigenvalue weighted by atomic mass is 16.5. The number of fused-ring (bicyclic) bond motifs is 1. The summed E-state index contributed by atoms with van der Waals surface area (Å²) in [5.74, 6) is 4.20. The molecule has 1 saturated carbocycles. The summed E-state index contributed by atoms with van der Waals surface area (Å²) >= 11 is 0. The first-order valence-electron chi connectivity index (χ1n) is 8.16. The van der Waals surface area contributed by atoms with Gasteiger partial charge in [-0.05, 0) is 56.3 Å². The molecule has 0 aromatic heterocycles. The maximum Gasteiger partial charge on any atom is 0.123 e. The number of hydrogen-bond donors (Lipinski definition) is 1. The van der Waals surface area contributed by atoms with E-state index >= 15 is 0 Å². The van der Waals surface area contributed by atoms with Gasteiger partial charge in [0.15, 0.2) is 0 Å². The molecular formula is C18H27NO2. The summed E-state index contributed by atoms with van der Waals surface area (Å²) in [6.07, 6.45) is 2.55. The zero-order valence-corrected chi connectivity index (χ0v) is 13.6. The van der Waals surface area contributed by atoms with Gasteiger partial charge >= 0.3 is 0 Å². The Morgan fingerprint density at radius 3 is 2.90 bits per heavy atom. The quantitative estimate of drug-likeness (QED) is 0.871. The molecule has 3 unspecified atom stereocenters. The van der Waals surface area contributed by atoms with Crippen LogP contribution in [0.25, 0.3) is 0 Å². The van der Waals surface area contributed by atoms with Gasteiger partial charge in [-0.15, -0.1) is 0 Å². The van der Waals surface area contributed by atoms with Gasteiger partial charge in [-0.25, -0.2) is 0 Å². The number of rotatable bonds is 6. The van der Waals surface area contributed by atoms with Crippen molar-refractivity contribution in [3.63, 3.8) is 0 Å². The molecule has 1 aromatic rings. The van der Waals surface area contributed by atoms with Crippen LogP contribution in [0.3, 0.4) is 0 Å². The third-order valence-electron chi connectivity index (χ3n) is 4.53. The van der Waals surface area contributed by atoms with E-state index in [4.69, 9.17) is 9.47 Å². The average molecular weight is 289 g/mol. The van der Waals surface area contributed by atoms with Gasteiger partial charge in [-0.2, -0.15) is 0 Å². The van der Waals surface area contributed by atoms with Gasteiger partial charge in [-0.3, -0.25) is 0 Å². The highest BCUT2D eigenvalue weighted by Gasteiger charge is 2.40. The number of benzene rings is 1. The molecule has 1 heterocycles. The minimum absolute atomic E-state index is 0.294. The van der Waals surface area contributed by atoms with Crippen LogP contribution in [-0.4, -0.2) is 26.3 Å². The van der Waals surface area contributed by atoms with Gasteiger partial charge in [0.1, 0.15) is 17.6 Å². The Morgan fingerprint density at radius 2 is 2.19 bits per heavy atom. The summed E-state index contributed by atoms with van der Waals surface area (Å²) in [5.41, 5.74) is 2.62. The lowest BCUT2D eigenvalue weighted by molar-refractivity contribution is 0.254. The van der Waals surface area contributed by atoms with Crippen LogP contribution < -0.4 is 14.8 Å². The Kier molecular flexibility index (Phi) is 4.12. The molecule has 3 heteroatoms. The highest BCUT2D eigenvalue weighted by Crippen LogP contribution is 2.52. The molecule has 1 N–H and O–H groups in total. The van der Waals surface area contributed by atoms with Crippen molar-refractivity contribution < 1.29 is 9.47 Å². The van der Waals surface area contributed by atoms with Gasteiger partial charge in [0.2, 0.25) is 0 Å². The zero-order chi connectivity index (χ0) is 15.0. The van der Waals surface area contributed by atoms with E-state index in [1.165, 1.54) is 17.5 Å². The second-order valence-corrected chi connectivity index (χ2v) is 6.99. The lowest BCUT2D eigenvalue weighted by Crippen LogP contribution is -2.22. The van der Waals surface area contributed by atoms with E-state index in [9.17, 15) is 0 Å². The molecule has 0 saturated heterocycles. The standard InChI is InChI=1S/C18H27NO2/c1-11(2)9-19-10-14-6-15(14)16-8-17-13(5-12(3)21-17)7-18(16)20-4/h7-8,11-12,14-15,19H,5-6,9-10H2,1-4H3. The van der Waals surface area contributed by atoms with Crippen LogP contribution in [0.2, 0.25) is 0 Å². The van der Waals surface area contributed by atoms with E-state index in [0.717, 1.165) is 36.9 Å². The normalized spacial score (nSPS) is 26.6. The van der Waals surface area contributed by atoms with E-state index < -0.39 is 0 Å². The summed E-state index contributed by atoms with van der Waals surface area (Å²) in [5, 5.41) is 3.57. The van der Waals surface area contributed by atoms with Gasteiger partial charge in [0.05, 0.1) is 7.11 Å². The van der Waals surface area contributed by atoms with E-state index in [1.54, 1.807) is 7.11 Å². The minimum atomic E-state index is 0.294. The summed E-state index contributed by atoms with van der Waals surface area (Å²) in [7, 11) is 1.78. The number of ether oxygens (including phenoxy) is 2. The van der Waals surface area contributed by atoms with Gasteiger partial charge < -0.3 is 14.8 Å². The Labute approximate surface area is 128 Å². The summed E-state index contributed by atoms with van der Waals surface area (Å²) in [6, 6.07) is 4.41. The number of nitrogens with one attached hydrogen (secondary N) is 1. The summed E-state index contributed by atoms with van der Waals surface area (Å²) in [6.45, 7) is 8.84. The van der Waals surface area contributed by atoms with Crippen LogP contribution in [0.15, 0.2) is 12.1 Å². The van der Waals surface area contributed by atoms with Crippen LogP contribution in [-0.2, 0) is 6.42 Å². The number of hydrogen-bond acceptors (Lipinski definition) is 3. The maximum absolute atomic E-state index is 5.90. The third kappa shape index (κ3) is 3.18. The van der Waals surface area contributed by atoms with Crippen molar-refractivity contribution in [3.05, 3.63) is 23.3 Å². The Bertz CT molecular complexity index is 512. The molecule has 0 amide bonds. The average Bonchev–Trinajstić information content (AvgIpc) is 3.09. The van der Waals surface area contributed by atoms with Crippen molar-refractivity contribution in [2.45, 2.75) is 45.6 Å². The lowest BCUT2D eigenvalue weighted by Gasteiger charge is -2.12. The van der Waals surface area contributed by atoms with E-state index in [1.807, 2.05) is 0 Å². The molecule has 0 radical (unpaired) electrons. The molecule has 3 rings (SSSR count). The van der Waals surface area contributed by atoms with Crippen molar-refractivity contribution in [2.75, 3.05) is 20.2 Å². The first kappa shape index (κ1) is 14.7. The molecule has 3 atom stereocenters. The van der Waals surface area contributed by atoms with Crippen molar-refractivity contribution >= 4 is 0 Å². The first-order valence-corrected chi connectivity index (χ1v) is 8.16. The van der Waals surface area contributed by atoms with Gasteiger partial charge in [0.25, 0.3) is 0 Å². The van der Waals surface area contributed by atoms with E-state index in [-0.39, 0.29) is 0 Å². The summed E-state index contributed by atoms with van der Waals surface area (Å²) < 4.78 is 11.5. The Hall–Kier alpha value is -1.22. The van der Waals surface area contributed by atoms with E-state index in [2.05, 4.69) is 38.2 Å². The molecule has 1 aliphatic carbocycles. The molecule has 3 nitrogen and oxygen atoms in total. The molecule has 1 fully saturated rings. The minimum Gasteiger partial charge on any atom is -0.496 e. The smallest absolute Gasteiger partial charge is 0.123 e. The molecular weight excluding hydrogens is 262 g/mol. The van der Waals surface area contributed by atoms with E-state index in [0.29, 0.717) is 17.9 Å². The molecule has 116 valence electrons. The van der Waals surface area contributed by atoms with Crippen LogP contribution in [0, 0.1) is 11.8 Å². The highest BCUT2D eigenvalue weighted by molar-refractivity contribution is 5.51. The maximum atomic E-state index is 5.90. The molecule has 1 aliphatic heterocycles. The first-order chi connectivity index (χ1) is 10.1. The molecule has 1 aromatic carbocycles. The molecule has 0 bridgehead atoms. The monoisotopic (exact) mass is 289 g/mol. The van der Waals surface area contributed by atoms with Crippen molar-refractivity contribution in [3.8, 4) is 11.5 Å². The topological polar surface area (TPSA) is 30.5 Å². The Morgan fingerprint density at radius 1 is 1.38 bits per heavy atom. The third-order valence-corrected chi connectivity index (χ3v) is 4.53.